The highest BCUT2D eigenvalue weighted by molar-refractivity contribution is 6.11. The third-order valence-corrected chi connectivity index (χ3v) is 5.85. The van der Waals surface area contributed by atoms with Crippen molar-refractivity contribution in [3.63, 3.8) is 0 Å². The van der Waals surface area contributed by atoms with Gasteiger partial charge in [0.25, 0.3) is 0 Å². The first-order chi connectivity index (χ1) is 14.4. The van der Waals surface area contributed by atoms with E-state index in [1.807, 2.05) is 31.9 Å². The third-order valence-electron chi connectivity index (χ3n) is 5.85. The minimum absolute atomic E-state index is 0.127. The summed E-state index contributed by atoms with van der Waals surface area (Å²) in [5.41, 5.74) is 1.52. The number of pyridine rings is 1. The Morgan fingerprint density at radius 1 is 1.27 bits per heavy atom. The molecule has 1 atom stereocenters. The molecule has 2 aliphatic rings. The van der Waals surface area contributed by atoms with E-state index in [0.29, 0.717) is 40.6 Å². The van der Waals surface area contributed by atoms with E-state index in [-0.39, 0.29) is 23.9 Å². The summed E-state index contributed by atoms with van der Waals surface area (Å²) in [5, 5.41) is 0.540. The molecule has 0 spiro atoms. The Balaban J connectivity index is 1.80. The maximum atomic E-state index is 14.8. The maximum Gasteiger partial charge on any atom is 0.202 e. The second-order valence-corrected chi connectivity index (χ2v) is 7.81. The summed E-state index contributed by atoms with van der Waals surface area (Å²) in [5.74, 6) is 1.55. The van der Waals surface area contributed by atoms with Crippen LogP contribution >= 0.6 is 0 Å². The van der Waals surface area contributed by atoms with Crippen molar-refractivity contribution in [3.8, 4) is 0 Å². The molecule has 3 heterocycles. The lowest BCUT2D eigenvalue weighted by atomic mass is 9.96. The Kier molecular flexibility index (Phi) is 5.32. The summed E-state index contributed by atoms with van der Waals surface area (Å²) in [4.78, 5) is 35.0. The number of hydrogen-bond acceptors (Lipinski definition) is 7. The predicted molar refractivity (Wildman–Crippen MR) is 113 cm³/mol. The van der Waals surface area contributed by atoms with E-state index < -0.39 is 6.10 Å². The van der Waals surface area contributed by atoms with Crippen LogP contribution in [-0.2, 0) is 9.53 Å². The van der Waals surface area contributed by atoms with E-state index in [1.54, 1.807) is 24.0 Å². The normalized spacial score (nSPS) is 19.3. The molecule has 1 saturated heterocycles. The minimum atomic E-state index is -1.02. The SMILES string of the molecule is CCOC1C(=O)c2cc3cc(F)c(N4CC(N(C)C)C4)cc3nc2N(CC)C1=C=O. The molecule has 0 amide bonds. The summed E-state index contributed by atoms with van der Waals surface area (Å²) in [6.45, 7) is 5.81. The summed E-state index contributed by atoms with van der Waals surface area (Å²) < 4.78 is 20.4. The van der Waals surface area contributed by atoms with Gasteiger partial charge in [0.05, 0.1) is 16.8 Å². The molecule has 7 nitrogen and oxygen atoms in total. The van der Waals surface area contributed by atoms with Crippen LogP contribution in [0.25, 0.3) is 10.9 Å². The standard InChI is InChI=1S/C22H25FN4O3/c1-5-27-19(12-28)21(30-6-2)20(29)15-7-13-8-16(23)18(9-17(13)24-22(15)27)26-10-14(11-26)25(3)4/h7-9,14,21H,5-6,10-11H2,1-4H3. The molecule has 8 heteroatoms. The van der Waals surface area contributed by atoms with Gasteiger partial charge in [0.1, 0.15) is 23.3 Å². The highest BCUT2D eigenvalue weighted by Gasteiger charge is 2.39. The van der Waals surface area contributed by atoms with Crippen molar-refractivity contribution >= 4 is 34.1 Å². The number of ether oxygens (including phenoxy) is 1. The number of Topliss-reactive ketones (excluding diaryl/α,β-unsaturated/α-hetero) is 1. The topological polar surface area (TPSA) is 66.0 Å². The molecule has 0 saturated carbocycles. The van der Waals surface area contributed by atoms with Gasteiger partial charge in [-0.1, -0.05) is 0 Å². The molecule has 30 heavy (non-hydrogen) atoms. The monoisotopic (exact) mass is 412 g/mol. The number of anilines is 2. The van der Waals surface area contributed by atoms with Crippen LogP contribution < -0.4 is 9.80 Å². The third kappa shape index (κ3) is 3.17. The van der Waals surface area contributed by atoms with E-state index in [4.69, 9.17) is 4.74 Å². The first-order valence-electron chi connectivity index (χ1n) is 10.1. The van der Waals surface area contributed by atoms with Gasteiger partial charge in [0, 0.05) is 37.7 Å². The number of halogens is 1. The Bertz CT molecular complexity index is 1060. The zero-order valence-corrected chi connectivity index (χ0v) is 17.6. The lowest BCUT2D eigenvalue weighted by Gasteiger charge is -2.44. The van der Waals surface area contributed by atoms with E-state index in [2.05, 4.69) is 9.88 Å². The smallest absolute Gasteiger partial charge is 0.202 e. The average molecular weight is 412 g/mol. The van der Waals surface area contributed by atoms with E-state index in [9.17, 15) is 14.0 Å². The van der Waals surface area contributed by atoms with Crippen LogP contribution in [0.3, 0.4) is 0 Å². The van der Waals surface area contributed by atoms with Crippen molar-refractivity contribution in [3.05, 3.63) is 35.3 Å². The number of hydrogen-bond donors (Lipinski definition) is 0. The molecule has 4 rings (SSSR count). The van der Waals surface area contributed by atoms with Crippen LogP contribution in [0.4, 0.5) is 15.9 Å². The predicted octanol–water partition coefficient (Wildman–Crippen LogP) is 2.27. The Hall–Kier alpha value is -2.80. The fraction of sp³-hybridized carbons (Fsp3) is 0.455. The molecule has 1 aromatic carbocycles. The van der Waals surface area contributed by atoms with Gasteiger partial charge in [-0.15, -0.1) is 0 Å². The van der Waals surface area contributed by atoms with E-state index >= 15 is 0 Å². The molecule has 0 N–H and O–H groups in total. The van der Waals surface area contributed by atoms with Crippen LogP contribution in [-0.4, -0.2) is 74.1 Å². The summed E-state index contributed by atoms with van der Waals surface area (Å²) in [7, 11) is 4.02. The van der Waals surface area contributed by atoms with Gasteiger partial charge in [-0.3, -0.25) is 4.79 Å². The number of carbonyl (C=O) groups is 1. The molecule has 0 aliphatic carbocycles. The van der Waals surface area contributed by atoms with Crippen LogP contribution in [0.2, 0.25) is 0 Å². The first-order valence-corrected chi connectivity index (χ1v) is 10.1. The molecule has 2 aromatic rings. The van der Waals surface area contributed by atoms with Gasteiger partial charge in [0.15, 0.2) is 6.10 Å². The summed E-state index contributed by atoms with van der Waals surface area (Å²) >= 11 is 0. The fourth-order valence-electron chi connectivity index (χ4n) is 4.05. The van der Waals surface area contributed by atoms with Crippen LogP contribution in [0.15, 0.2) is 23.9 Å². The summed E-state index contributed by atoms with van der Waals surface area (Å²) in [6.07, 6.45) is -1.02. The minimum Gasteiger partial charge on any atom is -0.366 e. The first kappa shape index (κ1) is 20.5. The molecule has 2 aliphatic heterocycles. The number of rotatable bonds is 5. The van der Waals surface area contributed by atoms with E-state index in [0.717, 1.165) is 13.1 Å². The van der Waals surface area contributed by atoms with Crippen molar-refractivity contribution in [1.82, 2.24) is 9.88 Å². The number of fused-ring (bicyclic) bond motifs is 2. The molecule has 1 aromatic heterocycles. The Morgan fingerprint density at radius 2 is 2.00 bits per heavy atom. The van der Waals surface area contributed by atoms with E-state index in [1.165, 1.54) is 6.07 Å². The Labute approximate surface area is 174 Å². The zero-order valence-electron chi connectivity index (χ0n) is 17.6. The number of aromatic nitrogens is 1. The van der Waals surface area contributed by atoms with Crippen LogP contribution in [0.1, 0.15) is 24.2 Å². The molecule has 1 fully saturated rings. The zero-order chi connectivity index (χ0) is 21.6. The van der Waals surface area contributed by atoms with Gasteiger partial charge in [0.2, 0.25) is 5.78 Å². The van der Waals surface area contributed by atoms with Crippen molar-refractivity contribution in [2.24, 2.45) is 0 Å². The number of benzene rings is 1. The molecule has 158 valence electrons. The number of nitrogens with zero attached hydrogens (tertiary/aromatic N) is 4. The van der Waals surface area contributed by atoms with Gasteiger partial charge in [-0.25, -0.2) is 14.2 Å². The quantitative estimate of drug-likeness (QED) is 0.698. The van der Waals surface area contributed by atoms with Gasteiger partial charge < -0.3 is 19.4 Å². The lowest BCUT2D eigenvalue weighted by molar-refractivity contribution is 0.0557. The van der Waals surface area contributed by atoms with Crippen LogP contribution in [0.5, 0.6) is 0 Å². The second kappa shape index (κ2) is 7.80. The average Bonchev–Trinajstić information content (AvgIpc) is 2.68. The lowest BCUT2D eigenvalue weighted by Crippen LogP contribution is -2.57. The second-order valence-electron chi connectivity index (χ2n) is 7.81. The van der Waals surface area contributed by atoms with Crippen molar-refractivity contribution < 1.29 is 18.7 Å². The number of carbonyl (C=O) groups excluding carboxylic acids is 2. The van der Waals surface area contributed by atoms with Gasteiger partial charge in [-0.05, 0) is 46.1 Å². The van der Waals surface area contributed by atoms with Crippen molar-refractivity contribution in [2.45, 2.75) is 26.0 Å². The highest BCUT2D eigenvalue weighted by atomic mass is 19.1. The molecule has 0 radical (unpaired) electrons. The van der Waals surface area contributed by atoms with Crippen molar-refractivity contribution in [2.75, 3.05) is 50.1 Å². The Morgan fingerprint density at radius 3 is 2.60 bits per heavy atom. The fourth-order valence-corrected chi connectivity index (χ4v) is 4.05. The summed E-state index contributed by atoms with van der Waals surface area (Å²) in [6, 6.07) is 5.17. The highest BCUT2D eigenvalue weighted by Crippen LogP contribution is 2.36. The molecule has 0 bridgehead atoms. The van der Waals surface area contributed by atoms with Gasteiger partial charge in [-0.2, -0.15) is 0 Å². The molecule has 1 unspecified atom stereocenters. The number of likely N-dealkylation sites (N-methyl/N-ethyl adjacent to an activating group) is 2. The molecular weight excluding hydrogens is 387 g/mol. The molecular formula is C22H25FN4O3. The van der Waals surface area contributed by atoms with Gasteiger partial charge >= 0.3 is 0 Å². The maximum absolute atomic E-state index is 14.8. The largest absolute Gasteiger partial charge is 0.366 e. The van der Waals surface area contributed by atoms with Crippen molar-refractivity contribution in [1.29, 1.82) is 0 Å². The van der Waals surface area contributed by atoms with Crippen LogP contribution in [0, 0.1) is 5.82 Å². The number of ketones is 1.